The molecule has 0 atom stereocenters. The molecule has 17 heavy (non-hydrogen) atoms. The first-order valence-corrected chi connectivity index (χ1v) is 6.41. The Hall–Kier alpha value is -0.535. The van der Waals surface area contributed by atoms with Crippen molar-refractivity contribution in [1.29, 1.82) is 0 Å². The van der Waals surface area contributed by atoms with Crippen molar-refractivity contribution >= 4 is 7.12 Å². The number of hydrogen-bond acceptors (Lipinski definition) is 2. The van der Waals surface area contributed by atoms with Crippen LogP contribution in [0, 0.1) is 0 Å². The molecule has 0 aromatic rings. The minimum absolute atomic E-state index is 0.285. The highest BCUT2D eigenvalue weighted by atomic mass is 16.7. The second-order valence-electron chi connectivity index (χ2n) is 5.90. The molecule has 1 rings (SSSR count). The first-order valence-electron chi connectivity index (χ1n) is 6.41. The molecule has 1 fully saturated rings. The highest BCUT2D eigenvalue weighted by Gasteiger charge is 2.51. The van der Waals surface area contributed by atoms with Gasteiger partial charge >= 0.3 is 7.12 Å². The van der Waals surface area contributed by atoms with Crippen molar-refractivity contribution in [2.75, 3.05) is 0 Å². The summed E-state index contributed by atoms with van der Waals surface area (Å²) >= 11 is 0. The molecule has 0 aromatic heterocycles. The van der Waals surface area contributed by atoms with Crippen LogP contribution in [-0.4, -0.2) is 18.3 Å². The maximum Gasteiger partial charge on any atom is 0.494 e. The molecule has 0 spiro atoms. The molecule has 0 saturated carbocycles. The SMILES string of the molecule is C=C(/C=C(\C)CCC)B1OC(C)(C)C(C)(C)O1. The third kappa shape index (κ3) is 3.23. The van der Waals surface area contributed by atoms with Gasteiger partial charge in [0.15, 0.2) is 0 Å². The standard InChI is InChI=1S/C14H25BO2/c1-8-9-11(2)10-12(3)15-16-13(4,5)14(6,7)17-15/h10H,3,8-9H2,1-2,4-7H3/b11-10+. The predicted octanol–water partition coefficient (Wildman–Crippen LogP) is 3.92. The minimum Gasteiger partial charge on any atom is -0.399 e. The highest BCUT2D eigenvalue weighted by molar-refractivity contribution is 6.55. The van der Waals surface area contributed by atoms with Crippen molar-refractivity contribution in [2.45, 2.75) is 65.6 Å². The maximum atomic E-state index is 5.94. The summed E-state index contributed by atoms with van der Waals surface area (Å²) in [5.41, 5.74) is 1.67. The lowest BCUT2D eigenvalue weighted by molar-refractivity contribution is 0.00578. The van der Waals surface area contributed by atoms with Gasteiger partial charge in [0.05, 0.1) is 11.2 Å². The normalized spacial score (nSPS) is 22.9. The van der Waals surface area contributed by atoms with Crippen molar-refractivity contribution in [3.8, 4) is 0 Å². The van der Waals surface area contributed by atoms with Gasteiger partial charge in [-0.05, 0) is 46.5 Å². The van der Waals surface area contributed by atoms with Crippen LogP contribution in [-0.2, 0) is 9.31 Å². The molecule has 2 nitrogen and oxygen atoms in total. The topological polar surface area (TPSA) is 18.5 Å². The van der Waals surface area contributed by atoms with Crippen LogP contribution >= 0.6 is 0 Å². The summed E-state index contributed by atoms with van der Waals surface area (Å²) < 4.78 is 11.9. The summed E-state index contributed by atoms with van der Waals surface area (Å²) in [6.07, 6.45) is 4.34. The summed E-state index contributed by atoms with van der Waals surface area (Å²) in [6, 6.07) is 0. The second-order valence-corrected chi connectivity index (χ2v) is 5.90. The molecule has 96 valence electrons. The largest absolute Gasteiger partial charge is 0.494 e. The van der Waals surface area contributed by atoms with Crippen LogP contribution < -0.4 is 0 Å². The van der Waals surface area contributed by atoms with Crippen LogP contribution in [0.15, 0.2) is 23.7 Å². The van der Waals surface area contributed by atoms with E-state index in [4.69, 9.17) is 9.31 Å². The van der Waals surface area contributed by atoms with Crippen molar-refractivity contribution in [1.82, 2.24) is 0 Å². The molecule has 0 radical (unpaired) electrons. The second kappa shape index (κ2) is 4.99. The zero-order valence-electron chi connectivity index (χ0n) is 12.1. The van der Waals surface area contributed by atoms with Crippen LogP contribution in [0.1, 0.15) is 54.4 Å². The van der Waals surface area contributed by atoms with E-state index in [1.54, 1.807) is 0 Å². The van der Waals surface area contributed by atoms with Gasteiger partial charge in [-0.25, -0.2) is 0 Å². The quantitative estimate of drug-likeness (QED) is 0.544. The summed E-state index contributed by atoms with van der Waals surface area (Å²) in [7, 11) is -0.313. The van der Waals surface area contributed by atoms with E-state index in [2.05, 4.69) is 54.2 Å². The van der Waals surface area contributed by atoms with Gasteiger partial charge in [-0.3, -0.25) is 0 Å². The molecule has 0 aromatic carbocycles. The fourth-order valence-corrected chi connectivity index (χ4v) is 1.85. The van der Waals surface area contributed by atoms with Gasteiger partial charge < -0.3 is 9.31 Å². The molecule has 1 saturated heterocycles. The van der Waals surface area contributed by atoms with Crippen LogP contribution in [0.5, 0.6) is 0 Å². The third-order valence-electron chi connectivity index (χ3n) is 3.63. The first-order chi connectivity index (χ1) is 7.69. The van der Waals surface area contributed by atoms with Crippen LogP contribution in [0.25, 0.3) is 0 Å². The minimum atomic E-state index is -0.313. The monoisotopic (exact) mass is 236 g/mol. The fourth-order valence-electron chi connectivity index (χ4n) is 1.85. The Morgan fingerprint density at radius 3 is 2.06 bits per heavy atom. The summed E-state index contributed by atoms with van der Waals surface area (Å²) in [4.78, 5) is 0. The summed E-state index contributed by atoms with van der Waals surface area (Å²) in [5.74, 6) is 0. The van der Waals surface area contributed by atoms with E-state index < -0.39 is 0 Å². The van der Waals surface area contributed by atoms with Gasteiger partial charge in [-0.15, -0.1) is 0 Å². The fraction of sp³-hybridized carbons (Fsp3) is 0.714. The zero-order chi connectivity index (χ0) is 13.3. The average Bonchev–Trinajstić information content (AvgIpc) is 2.36. The highest BCUT2D eigenvalue weighted by Crippen LogP contribution is 2.38. The van der Waals surface area contributed by atoms with Gasteiger partial charge in [0.2, 0.25) is 0 Å². The molecule has 0 unspecified atom stereocenters. The van der Waals surface area contributed by atoms with Gasteiger partial charge in [0, 0.05) is 0 Å². The number of allylic oxidation sites excluding steroid dienone is 3. The van der Waals surface area contributed by atoms with Crippen molar-refractivity contribution in [3.63, 3.8) is 0 Å². The van der Waals surface area contributed by atoms with E-state index in [0.717, 1.165) is 18.3 Å². The van der Waals surface area contributed by atoms with Gasteiger partial charge in [-0.1, -0.05) is 31.6 Å². The molecule has 0 amide bonds. The molecule has 3 heteroatoms. The Balaban J connectivity index is 2.72. The van der Waals surface area contributed by atoms with Gasteiger partial charge in [0.25, 0.3) is 0 Å². The van der Waals surface area contributed by atoms with Gasteiger partial charge in [0.1, 0.15) is 0 Å². The molecule has 1 heterocycles. The van der Waals surface area contributed by atoms with E-state index in [1.807, 2.05) is 0 Å². The summed E-state index contributed by atoms with van der Waals surface area (Å²) in [6.45, 7) is 16.6. The van der Waals surface area contributed by atoms with Crippen molar-refractivity contribution < 1.29 is 9.31 Å². The van der Waals surface area contributed by atoms with E-state index in [9.17, 15) is 0 Å². The molecular formula is C14H25BO2. The van der Waals surface area contributed by atoms with Crippen LogP contribution in [0.4, 0.5) is 0 Å². The van der Waals surface area contributed by atoms with Crippen molar-refractivity contribution in [2.24, 2.45) is 0 Å². The lowest BCUT2D eigenvalue weighted by Gasteiger charge is -2.32. The molecule has 1 aliphatic rings. The Bertz CT molecular complexity index is 313. The lowest BCUT2D eigenvalue weighted by atomic mass is 9.78. The maximum absolute atomic E-state index is 5.94. The lowest BCUT2D eigenvalue weighted by Crippen LogP contribution is -2.41. The molecular weight excluding hydrogens is 211 g/mol. The zero-order valence-corrected chi connectivity index (χ0v) is 12.1. The van der Waals surface area contributed by atoms with Crippen LogP contribution in [0.3, 0.4) is 0 Å². The Morgan fingerprint density at radius 2 is 1.65 bits per heavy atom. The van der Waals surface area contributed by atoms with E-state index in [-0.39, 0.29) is 18.3 Å². The predicted molar refractivity (Wildman–Crippen MR) is 73.9 cm³/mol. The average molecular weight is 236 g/mol. The van der Waals surface area contributed by atoms with E-state index >= 15 is 0 Å². The van der Waals surface area contributed by atoms with Gasteiger partial charge in [-0.2, -0.15) is 0 Å². The van der Waals surface area contributed by atoms with E-state index in [1.165, 1.54) is 5.57 Å². The molecule has 0 N–H and O–H groups in total. The number of hydrogen-bond donors (Lipinski definition) is 0. The van der Waals surface area contributed by atoms with E-state index in [0.29, 0.717) is 0 Å². The Kier molecular flexibility index (Phi) is 4.26. The molecule has 0 aliphatic carbocycles. The number of rotatable bonds is 4. The Morgan fingerprint density at radius 1 is 1.18 bits per heavy atom. The molecule has 0 bridgehead atoms. The smallest absolute Gasteiger partial charge is 0.399 e. The van der Waals surface area contributed by atoms with Crippen molar-refractivity contribution in [3.05, 3.63) is 23.7 Å². The Labute approximate surface area is 106 Å². The first kappa shape index (κ1) is 14.5. The summed E-state index contributed by atoms with van der Waals surface area (Å²) in [5, 5.41) is 0. The molecule has 1 aliphatic heterocycles. The van der Waals surface area contributed by atoms with Crippen LogP contribution in [0.2, 0.25) is 0 Å². The third-order valence-corrected chi connectivity index (χ3v) is 3.63.